The molecule has 0 aliphatic carbocycles. The molecule has 2 rings (SSSR count). The number of nitrogens with one attached hydrogen (secondary N) is 1. The van der Waals surface area contributed by atoms with Crippen molar-refractivity contribution in [1.29, 1.82) is 0 Å². The fourth-order valence-corrected chi connectivity index (χ4v) is 2.21. The lowest BCUT2D eigenvalue weighted by Crippen LogP contribution is -2.43. The van der Waals surface area contributed by atoms with Crippen LogP contribution >= 0.6 is 0 Å². The van der Waals surface area contributed by atoms with Crippen LogP contribution in [0.1, 0.15) is 22.6 Å². The lowest BCUT2D eigenvalue weighted by atomic mass is 10.1. The van der Waals surface area contributed by atoms with E-state index in [-0.39, 0.29) is 18.7 Å². The van der Waals surface area contributed by atoms with Gasteiger partial charge in [-0.05, 0) is 19.4 Å². The molecule has 1 amide bonds. The number of carboxylic acids is 1. The van der Waals surface area contributed by atoms with Crippen LogP contribution in [0.4, 0.5) is 0 Å². The maximum absolute atomic E-state index is 12.1. The van der Waals surface area contributed by atoms with Gasteiger partial charge < -0.3 is 14.9 Å². The third-order valence-corrected chi connectivity index (χ3v) is 3.43. The van der Waals surface area contributed by atoms with Gasteiger partial charge >= 0.3 is 5.97 Å². The molecule has 1 heterocycles. The highest BCUT2D eigenvalue weighted by Gasteiger charge is 2.22. The Morgan fingerprint density at radius 2 is 1.95 bits per heavy atom. The van der Waals surface area contributed by atoms with Crippen molar-refractivity contribution in [3.63, 3.8) is 0 Å². The van der Waals surface area contributed by atoms with Crippen molar-refractivity contribution in [2.45, 2.75) is 32.7 Å². The molecule has 1 aromatic heterocycles. The van der Waals surface area contributed by atoms with Gasteiger partial charge in [-0.3, -0.25) is 4.79 Å². The summed E-state index contributed by atoms with van der Waals surface area (Å²) in [5.41, 5.74) is 2.19. The Morgan fingerprint density at radius 1 is 1.27 bits per heavy atom. The van der Waals surface area contributed by atoms with E-state index in [0.717, 1.165) is 5.56 Å². The molecule has 0 spiro atoms. The van der Waals surface area contributed by atoms with Crippen LogP contribution < -0.4 is 5.32 Å². The third-order valence-electron chi connectivity index (χ3n) is 3.43. The van der Waals surface area contributed by atoms with E-state index in [0.29, 0.717) is 17.0 Å². The van der Waals surface area contributed by atoms with E-state index >= 15 is 0 Å². The summed E-state index contributed by atoms with van der Waals surface area (Å²) in [4.78, 5) is 23.4. The molecule has 0 saturated carbocycles. The van der Waals surface area contributed by atoms with Gasteiger partial charge in [0.2, 0.25) is 5.91 Å². The van der Waals surface area contributed by atoms with E-state index in [9.17, 15) is 14.7 Å². The van der Waals surface area contributed by atoms with Gasteiger partial charge in [-0.1, -0.05) is 35.5 Å². The number of carbonyl (C=O) groups is 2. The molecule has 6 heteroatoms. The zero-order chi connectivity index (χ0) is 16.1. The number of aliphatic carboxylic acids is 1. The molecule has 0 unspecified atom stereocenters. The van der Waals surface area contributed by atoms with Crippen LogP contribution in [0.25, 0.3) is 0 Å². The zero-order valence-electron chi connectivity index (χ0n) is 12.5. The van der Waals surface area contributed by atoms with Gasteiger partial charge in [-0.15, -0.1) is 0 Å². The van der Waals surface area contributed by atoms with Gasteiger partial charge in [0.05, 0.1) is 12.1 Å². The molecule has 116 valence electrons. The third kappa shape index (κ3) is 3.94. The Labute approximate surface area is 128 Å². The summed E-state index contributed by atoms with van der Waals surface area (Å²) in [6.45, 7) is 3.47. The number of rotatable bonds is 6. The van der Waals surface area contributed by atoms with Crippen LogP contribution in [0, 0.1) is 13.8 Å². The van der Waals surface area contributed by atoms with Gasteiger partial charge in [0, 0.05) is 12.0 Å². The van der Waals surface area contributed by atoms with E-state index in [1.54, 1.807) is 13.8 Å². The molecule has 6 nitrogen and oxygen atoms in total. The van der Waals surface area contributed by atoms with E-state index in [4.69, 9.17) is 4.52 Å². The fraction of sp³-hybridized carbons (Fsp3) is 0.312. The lowest BCUT2D eigenvalue weighted by molar-refractivity contribution is -0.141. The SMILES string of the molecule is Cc1noc(C)c1CC(=O)N[C@H](Cc1ccccc1)C(=O)O. The number of hydrogen-bond donors (Lipinski definition) is 2. The van der Waals surface area contributed by atoms with Gasteiger partial charge in [0.15, 0.2) is 0 Å². The van der Waals surface area contributed by atoms with E-state index in [2.05, 4.69) is 10.5 Å². The molecule has 0 saturated heterocycles. The summed E-state index contributed by atoms with van der Waals surface area (Å²) in [7, 11) is 0. The maximum Gasteiger partial charge on any atom is 0.326 e. The smallest absolute Gasteiger partial charge is 0.326 e. The second-order valence-electron chi connectivity index (χ2n) is 5.13. The Bertz CT molecular complexity index is 645. The van der Waals surface area contributed by atoms with Crippen molar-refractivity contribution in [2.75, 3.05) is 0 Å². The number of carboxylic acid groups (broad SMARTS) is 1. The highest BCUT2D eigenvalue weighted by molar-refractivity contribution is 5.85. The minimum absolute atomic E-state index is 0.0553. The molecule has 1 aromatic carbocycles. The van der Waals surface area contributed by atoms with Crippen molar-refractivity contribution in [3.8, 4) is 0 Å². The molecule has 0 aliphatic heterocycles. The van der Waals surface area contributed by atoms with Crippen LogP contribution in [0.2, 0.25) is 0 Å². The Balaban J connectivity index is 2.02. The van der Waals surface area contributed by atoms with Crippen molar-refractivity contribution >= 4 is 11.9 Å². The second-order valence-corrected chi connectivity index (χ2v) is 5.13. The average Bonchev–Trinajstić information content (AvgIpc) is 2.79. The van der Waals surface area contributed by atoms with Crippen LogP contribution in [-0.4, -0.2) is 28.2 Å². The number of aromatic nitrogens is 1. The summed E-state index contributed by atoms with van der Waals surface area (Å²) >= 11 is 0. The van der Waals surface area contributed by atoms with E-state index in [1.807, 2.05) is 30.3 Å². The summed E-state index contributed by atoms with van der Waals surface area (Å²) in [5.74, 6) is -0.851. The molecule has 0 radical (unpaired) electrons. The summed E-state index contributed by atoms with van der Waals surface area (Å²) in [6.07, 6.45) is 0.295. The lowest BCUT2D eigenvalue weighted by Gasteiger charge is -2.14. The molecular weight excluding hydrogens is 284 g/mol. The maximum atomic E-state index is 12.1. The number of nitrogens with zero attached hydrogens (tertiary/aromatic N) is 1. The van der Waals surface area contributed by atoms with Crippen molar-refractivity contribution in [1.82, 2.24) is 10.5 Å². The van der Waals surface area contributed by atoms with Crippen LogP contribution in [0.3, 0.4) is 0 Å². The largest absolute Gasteiger partial charge is 0.480 e. The Morgan fingerprint density at radius 3 is 2.50 bits per heavy atom. The first kappa shape index (κ1) is 15.8. The van der Waals surface area contributed by atoms with Crippen LogP contribution in [0.15, 0.2) is 34.9 Å². The Kier molecular flexibility index (Phi) is 4.93. The van der Waals surface area contributed by atoms with Gasteiger partial charge in [-0.2, -0.15) is 0 Å². The molecule has 2 aromatic rings. The number of amides is 1. The highest BCUT2D eigenvalue weighted by atomic mass is 16.5. The number of aryl methyl sites for hydroxylation is 2. The van der Waals surface area contributed by atoms with Crippen molar-refractivity contribution in [3.05, 3.63) is 52.9 Å². The first-order valence-corrected chi connectivity index (χ1v) is 6.95. The molecule has 0 bridgehead atoms. The fourth-order valence-electron chi connectivity index (χ4n) is 2.21. The topological polar surface area (TPSA) is 92.4 Å². The molecule has 22 heavy (non-hydrogen) atoms. The second kappa shape index (κ2) is 6.89. The standard InChI is InChI=1S/C16H18N2O4/c1-10-13(11(2)22-18-10)9-15(19)17-14(16(20)21)8-12-6-4-3-5-7-12/h3-7,14H,8-9H2,1-2H3,(H,17,19)(H,20,21)/t14-/m1/s1. The molecule has 2 N–H and O–H groups in total. The number of hydrogen-bond acceptors (Lipinski definition) is 4. The summed E-state index contributed by atoms with van der Waals surface area (Å²) in [6, 6.07) is 8.22. The minimum Gasteiger partial charge on any atom is -0.480 e. The molecule has 1 atom stereocenters. The normalized spacial score (nSPS) is 11.9. The van der Waals surface area contributed by atoms with E-state index in [1.165, 1.54) is 0 Å². The number of carbonyl (C=O) groups excluding carboxylic acids is 1. The Hall–Kier alpha value is -2.63. The summed E-state index contributed by atoms with van der Waals surface area (Å²) in [5, 5.41) is 15.6. The highest BCUT2D eigenvalue weighted by Crippen LogP contribution is 2.13. The molecule has 0 aliphatic rings. The summed E-state index contributed by atoms with van der Waals surface area (Å²) < 4.78 is 5.00. The van der Waals surface area contributed by atoms with Gasteiger partial charge in [0.1, 0.15) is 11.8 Å². The number of benzene rings is 1. The van der Waals surface area contributed by atoms with Gasteiger partial charge in [-0.25, -0.2) is 4.79 Å². The monoisotopic (exact) mass is 302 g/mol. The average molecular weight is 302 g/mol. The van der Waals surface area contributed by atoms with Crippen LogP contribution in [0.5, 0.6) is 0 Å². The first-order chi connectivity index (χ1) is 10.5. The molecular formula is C16H18N2O4. The van der Waals surface area contributed by atoms with Crippen molar-refractivity contribution < 1.29 is 19.2 Å². The quantitative estimate of drug-likeness (QED) is 0.846. The van der Waals surface area contributed by atoms with Crippen molar-refractivity contribution in [2.24, 2.45) is 0 Å². The minimum atomic E-state index is -1.06. The zero-order valence-corrected chi connectivity index (χ0v) is 12.5. The van der Waals surface area contributed by atoms with Crippen LogP contribution in [-0.2, 0) is 22.4 Å². The van der Waals surface area contributed by atoms with Gasteiger partial charge in [0.25, 0.3) is 0 Å². The molecule has 0 fully saturated rings. The first-order valence-electron chi connectivity index (χ1n) is 6.95. The predicted molar refractivity (Wildman–Crippen MR) is 79.4 cm³/mol. The predicted octanol–water partition coefficient (Wildman–Crippen LogP) is 1.65. The van der Waals surface area contributed by atoms with E-state index < -0.39 is 12.0 Å².